The van der Waals surface area contributed by atoms with Crippen molar-refractivity contribution < 1.29 is 23.8 Å². The van der Waals surface area contributed by atoms with Gasteiger partial charge in [-0.1, -0.05) is 25.5 Å². The van der Waals surface area contributed by atoms with E-state index in [1.807, 2.05) is 20.8 Å². The van der Waals surface area contributed by atoms with Crippen LogP contribution in [0.1, 0.15) is 50.8 Å². The largest absolute Gasteiger partial charge is 0.507 e. The van der Waals surface area contributed by atoms with Crippen LogP contribution in [0.4, 0.5) is 4.39 Å². The van der Waals surface area contributed by atoms with E-state index in [4.69, 9.17) is 4.74 Å². The smallest absolute Gasteiger partial charge is 0.295 e. The summed E-state index contributed by atoms with van der Waals surface area (Å²) in [4.78, 5) is 27.0. The predicted octanol–water partition coefficient (Wildman–Crippen LogP) is 4.83. The third-order valence-electron chi connectivity index (χ3n) is 4.98. The minimum Gasteiger partial charge on any atom is -0.507 e. The highest BCUT2D eigenvalue weighted by Gasteiger charge is 2.45. The fourth-order valence-corrected chi connectivity index (χ4v) is 3.55. The van der Waals surface area contributed by atoms with E-state index in [9.17, 15) is 19.1 Å². The number of hydrogen-bond acceptors (Lipinski definition) is 4. The molecule has 2 aromatic carbocycles. The van der Waals surface area contributed by atoms with Crippen LogP contribution in [0.5, 0.6) is 5.75 Å². The van der Waals surface area contributed by atoms with Crippen molar-refractivity contribution >= 4 is 17.4 Å². The SMILES string of the molecule is CCCCN1C(=O)C(=O)/C(=C(\O)c2ccc(OC(C)C)cc2)C1c1ccc(F)cc1. The molecular formula is C24H26FNO4. The van der Waals surface area contributed by atoms with Crippen molar-refractivity contribution in [2.45, 2.75) is 45.8 Å². The van der Waals surface area contributed by atoms with E-state index in [0.717, 1.165) is 6.42 Å². The molecule has 1 unspecified atom stereocenters. The molecule has 5 nitrogen and oxygen atoms in total. The Kier molecular flexibility index (Phi) is 6.55. The fraction of sp³-hybridized carbons (Fsp3) is 0.333. The van der Waals surface area contributed by atoms with Crippen LogP contribution in [0.25, 0.3) is 5.76 Å². The molecule has 0 aromatic heterocycles. The lowest BCUT2D eigenvalue weighted by atomic mass is 9.95. The van der Waals surface area contributed by atoms with E-state index in [0.29, 0.717) is 29.8 Å². The molecule has 0 aliphatic carbocycles. The maximum absolute atomic E-state index is 13.5. The summed E-state index contributed by atoms with van der Waals surface area (Å²) in [6.07, 6.45) is 1.56. The maximum atomic E-state index is 13.5. The molecule has 2 aromatic rings. The lowest BCUT2D eigenvalue weighted by Gasteiger charge is -2.25. The van der Waals surface area contributed by atoms with Gasteiger partial charge in [-0.05, 0) is 62.2 Å². The number of ketones is 1. The van der Waals surface area contributed by atoms with Gasteiger partial charge in [-0.3, -0.25) is 9.59 Å². The zero-order valence-electron chi connectivity index (χ0n) is 17.4. The molecule has 1 aliphatic heterocycles. The fourth-order valence-electron chi connectivity index (χ4n) is 3.55. The second kappa shape index (κ2) is 9.11. The molecule has 0 spiro atoms. The predicted molar refractivity (Wildman–Crippen MR) is 113 cm³/mol. The summed E-state index contributed by atoms with van der Waals surface area (Å²) in [6.45, 7) is 6.19. The van der Waals surface area contributed by atoms with Crippen LogP contribution in [-0.4, -0.2) is 34.3 Å². The molecule has 0 saturated carbocycles. The molecule has 30 heavy (non-hydrogen) atoms. The first-order valence-corrected chi connectivity index (χ1v) is 10.1. The zero-order chi connectivity index (χ0) is 21.8. The Morgan fingerprint density at radius 2 is 1.73 bits per heavy atom. The topological polar surface area (TPSA) is 66.8 Å². The number of ether oxygens (including phenoxy) is 1. The van der Waals surface area contributed by atoms with Crippen molar-refractivity contribution in [2.75, 3.05) is 6.54 Å². The Hall–Kier alpha value is -3.15. The number of halogens is 1. The van der Waals surface area contributed by atoms with Gasteiger partial charge >= 0.3 is 0 Å². The van der Waals surface area contributed by atoms with Crippen LogP contribution in [0.15, 0.2) is 54.1 Å². The number of rotatable bonds is 7. The molecular weight excluding hydrogens is 385 g/mol. The summed E-state index contributed by atoms with van der Waals surface area (Å²) in [6, 6.07) is 11.6. The number of aliphatic hydroxyl groups excluding tert-OH is 1. The van der Waals surface area contributed by atoms with Gasteiger partial charge in [0.2, 0.25) is 0 Å². The summed E-state index contributed by atoms with van der Waals surface area (Å²) in [5.41, 5.74) is 1.000. The summed E-state index contributed by atoms with van der Waals surface area (Å²) in [5.74, 6) is -1.41. The highest BCUT2D eigenvalue weighted by molar-refractivity contribution is 6.46. The average Bonchev–Trinajstić information content (AvgIpc) is 2.97. The summed E-state index contributed by atoms with van der Waals surface area (Å²) in [5, 5.41) is 11.0. The first kappa shape index (κ1) is 21.6. The molecule has 1 aliphatic rings. The van der Waals surface area contributed by atoms with Crippen molar-refractivity contribution in [1.29, 1.82) is 0 Å². The maximum Gasteiger partial charge on any atom is 0.295 e. The Labute approximate surface area is 175 Å². The normalized spacial score (nSPS) is 18.3. The standard InChI is InChI=1S/C24H26FNO4/c1-4-5-14-26-21(16-6-10-18(25)11-7-16)20(23(28)24(26)29)22(27)17-8-12-19(13-9-17)30-15(2)3/h6-13,15,21,27H,4-5,14H2,1-3H3/b22-20-. The second-order valence-electron chi connectivity index (χ2n) is 7.59. The van der Waals surface area contributed by atoms with Crippen LogP contribution < -0.4 is 4.74 Å². The number of nitrogens with zero attached hydrogens (tertiary/aromatic N) is 1. The Bertz CT molecular complexity index is 948. The van der Waals surface area contributed by atoms with Gasteiger partial charge in [-0.15, -0.1) is 0 Å². The van der Waals surface area contributed by atoms with Crippen LogP contribution in [-0.2, 0) is 9.59 Å². The molecule has 1 fully saturated rings. The number of hydrogen-bond donors (Lipinski definition) is 1. The number of carbonyl (C=O) groups is 2. The number of aliphatic hydroxyl groups is 1. The number of carbonyl (C=O) groups excluding carboxylic acids is 2. The molecule has 1 N–H and O–H groups in total. The number of benzene rings is 2. The molecule has 1 amide bonds. The molecule has 3 rings (SSSR count). The molecule has 6 heteroatoms. The van der Waals surface area contributed by atoms with Gasteiger partial charge in [0, 0.05) is 12.1 Å². The molecule has 158 valence electrons. The lowest BCUT2D eigenvalue weighted by molar-refractivity contribution is -0.139. The van der Waals surface area contributed by atoms with Gasteiger partial charge < -0.3 is 14.7 Å². The molecule has 1 heterocycles. The monoisotopic (exact) mass is 411 g/mol. The first-order chi connectivity index (χ1) is 14.3. The van der Waals surface area contributed by atoms with Gasteiger partial charge in [0.1, 0.15) is 17.3 Å². The summed E-state index contributed by atoms with van der Waals surface area (Å²) < 4.78 is 19.1. The highest BCUT2D eigenvalue weighted by Crippen LogP contribution is 2.39. The highest BCUT2D eigenvalue weighted by atomic mass is 19.1. The van der Waals surface area contributed by atoms with Gasteiger partial charge in [0.05, 0.1) is 17.7 Å². The van der Waals surface area contributed by atoms with Gasteiger partial charge in [0.15, 0.2) is 0 Å². The number of Topliss-reactive ketones (excluding diaryl/α,β-unsaturated/α-hetero) is 1. The van der Waals surface area contributed by atoms with Crippen molar-refractivity contribution in [3.05, 3.63) is 71.0 Å². The second-order valence-corrected chi connectivity index (χ2v) is 7.59. The van der Waals surface area contributed by atoms with Crippen LogP contribution in [0, 0.1) is 5.82 Å². The molecule has 0 bridgehead atoms. The first-order valence-electron chi connectivity index (χ1n) is 10.1. The number of likely N-dealkylation sites (tertiary alicyclic amines) is 1. The quantitative estimate of drug-likeness (QED) is 0.402. The lowest BCUT2D eigenvalue weighted by Crippen LogP contribution is -2.30. The average molecular weight is 411 g/mol. The Morgan fingerprint density at radius 1 is 1.10 bits per heavy atom. The minimum absolute atomic E-state index is 0.00631. The van der Waals surface area contributed by atoms with Crippen LogP contribution in [0.3, 0.4) is 0 Å². The Morgan fingerprint density at radius 3 is 2.30 bits per heavy atom. The van der Waals surface area contributed by atoms with E-state index in [1.165, 1.54) is 29.2 Å². The molecule has 1 saturated heterocycles. The van der Waals surface area contributed by atoms with Crippen molar-refractivity contribution in [1.82, 2.24) is 4.90 Å². The van der Waals surface area contributed by atoms with Gasteiger partial charge in [0.25, 0.3) is 11.7 Å². The van der Waals surface area contributed by atoms with E-state index in [2.05, 4.69) is 0 Å². The number of unbranched alkanes of at least 4 members (excludes halogenated alkanes) is 1. The van der Waals surface area contributed by atoms with E-state index in [-0.39, 0.29) is 17.4 Å². The number of amides is 1. The van der Waals surface area contributed by atoms with Gasteiger partial charge in [-0.25, -0.2) is 4.39 Å². The molecule has 0 radical (unpaired) electrons. The van der Waals surface area contributed by atoms with Crippen molar-refractivity contribution in [3.63, 3.8) is 0 Å². The minimum atomic E-state index is -0.760. The third kappa shape index (κ3) is 4.37. The van der Waals surface area contributed by atoms with E-state index in [1.54, 1.807) is 24.3 Å². The summed E-state index contributed by atoms with van der Waals surface area (Å²) >= 11 is 0. The Balaban J connectivity index is 2.07. The van der Waals surface area contributed by atoms with Gasteiger partial charge in [-0.2, -0.15) is 0 Å². The van der Waals surface area contributed by atoms with E-state index >= 15 is 0 Å². The van der Waals surface area contributed by atoms with Crippen LogP contribution >= 0.6 is 0 Å². The van der Waals surface area contributed by atoms with E-state index < -0.39 is 23.5 Å². The third-order valence-corrected chi connectivity index (χ3v) is 4.98. The van der Waals surface area contributed by atoms with Crippen molar-refractivity contribution in [2.24, 2.45) is 0 Å². The van der Waals surface area contributed by atoms with Crippen LogP contribution in [0.2, 0.25) is 0 Å². The molecule has 1 atom stereocenters. The summed E-state index contributed by atoms with van der Waals surface area (Å²) in [7, 11) is 0. The zero-order valence-corrected chi connectivity index (χ0v) is 17.4. The van der Waals surface area contributed by atoms with Crippen molar-refractivity contribution in [3.8, 4) is 5.75 Å².